The lowest BCUT2D eigenvalue weighted by molar-refractivity contribution is 0.885. The Balaban J connectivity index is 1.90. The largest absolute Gasteiger partial charge is 0.354 e. The lowest BCUT2D eigenvalue weighted by atomic mass is 10.1. The van der Waals surface area contributed by atoms with Crippen LogP contribution in [-0.2, 0) is 0 Å². The molecule has 1 N–H and O–H groups in total. The van der Waals surface area contributed by atoms with E-state index in [4.69, 9.17) is 34.8 Å². The Morgan fingerprint density at radius 1 is 1.00 bits per heavy atom. The third-order valence-corrected chi connectivity index (χ3v) is 6.05. The molecule has 0 amide bonds. The Bertz CT molecular complexity index is 932. The van der Waals surface area contributed by atoms with Crippen LogP contribution in [0.3, 0.4) is 0 Å². The van der Waals surface area contributed by atoms with Crippen LogP contribution in [0.4, 0.5) is 11.4 Å². The van der Waals surface area contributed by atoms with E-state index in [2.05, 4.69) is 26.4 Å². The minimum Gasteiger partial charge on any atom is -0.354 e. The van der Waals surface area contributed by atoms with Crippen molar-refractivity contribution >= 4 is 73.4 Å². The highest BCUT2D eigenvalue weighted by molar-refractivity contribution is 9.10. The zero-order chi connectivity index (χ0) is 18.0. The smallest absolute Gasteiger partial charge is 0.154 e. The van der Waals surface area contributed by atoms with Crippen LogP contribution >= 0.6 is 62.1 Å². The summed E-state index contributed by atoms with van der Waals surface area (Å²) in [6.07, 6.45) is 0. The van der Waals surface area contributed by atoms with E-state index in [9.17, 15) is 4.91 Å². The molecule has 1 atom stereocenters. The normalized spacial score (nSPS) is 12.0. The topological polar surface area (TPSA) is 41.5 Å². The molecule has 0 saturated heterocycles. The van der Waals surface area contributed by atoms with Crippen molar-refractivity contribution in [2.75, 3.05) is 5.32 Å². The van der Waals surface area contributed by atoms with E-state index >= 15 is 0 Å². The molecule has 0 aliphatic rings. The average Bonchev–Trinajstić information content (AvgIpc) is 2.99. The van der Waals surface area contributed by atoms with E-state index in [0.717, 1.165) is 15.8 Å². The lowest BCUT2D eigenvalue weighted by Crippen LogP contribution is -1.98. The van der Waals surface area contributed by atoms with Crippen LogP contribution in [0.25, 0.3) is 0 Å². The first kappa shape index (κ1) is 18.7. The van der Waals surface area contributed by atoms with Crippen LogP contribution in [0.1, 0.15) is 16.5 Å². The van der Waals surface area contributed by atoms with Crippen LogP contribution in [0.15, 0.2) is 57.5 Å². The molecule has 1 unspecified atom stereocenters. The standard InChI is InChI=1S/C17H10BrCl3N2OS/c18-9-1-4-15(14(21)7-9)22-10-2-3-11(13(20)8-10)16(23-24)17-12(19)5-6-25-17/h1-8,16,22H. The van der Waals surface area contributed by atoms with Crippen molar-refractivity contribution in [1.29, 1.82) is 0 Å². The van der Waals surface area contributed by atoms with Gasteiger partial charge in [-0.2, -0.15) is 0 Å². The molecular formula is C17H10BrCl3N2OS. The van der Waals surface area contributed by atoms with E-state index < -0.39 is 6.04 Å². The summed E-state index contributed by atoms with van der Waals surface area (Å²) >= 11 is 23.5. The molecule has 3 rings (SSSR count). The second-order valence-corrected chi connectivity index (χ2v) is 8.21. The van der Waals surface area contributed by atoms with Crippen LogP contribution in [0, 0.1) is 4.91 Å². The predicted molar refractivity (Wildman–Crippen MR) is 111 cm³/mol. The predicted octanol–water partition coefficient (Wildman–Crippen LogP) is 8.07. The number of anilines is 2. The van der Waals surface area contributed by atoms with E-state index in [0.29, 0.717) is 25.5 Å². The summed E-state index contributed by atoms with van der Waals surface area (Å²) in [6, 6.07) is 11.9. The van der Waals surface area contributed by atoms with E-state index in [-0.39, 0.29) is 0 Å². The third kappa shape index (κ3) is 4.18. The molecule has 1 heterocycles. The summed E-state index contributed by atoms with van der Waals surface area (Å²) in [5, 5.41) is 9.73. The third-order valence-electron chi connectivity index (χ3n) is 3.50. The van der Waals surface area contributed by atoms with E-state index in [1.807, 2.05) is 23.6 Å². The fourth-order valence-corrected chi connectivity index (χ4v) is 4.53. The van der Waals surface area contributed by atoms with Crippen molar-refractivity contribution in [3.8, 4) is 0 Å². The summed E-state index contributed by atoms with van der Waals surface area (Å²) in [5.41, 5.74) is 2.11. The van der Waals surface area contributed by atoms with Gasteiger partial charge in [0.15, 0.2) is 6.04 Å². The zero-order valence-corrected chi connectivity index (χ0v) is 17.1. The number of thiophene rings is 1. The molecule has 25 heavy (non-hydrogen) atoms. The fourth-order valence-electron chi connectivity index (χ4n) is 2.32. The minimum absolute atomic E-state index is 0.423. The molecule has 3 aromatic rings. The lowest BCUT2D eigenvalue weighted by Gasteiger charge is -2.14. The number of nitrogens with one attached hydrogen (secondary N) is 1. The van der Waals surface area contributed by atoms with Gasteiger partial charge in [-0.25, -0.2) is 0 Å². The molecule has 1 aromatic heterocycles. The van der Waals surface area contributed by atoms with Gasteiger partial charge in [0.05, 0.1) is 20.6 Å². The molecule has 3 nitrogen and oxygen atoms in total. The number of benzene rings is 2. The summed E-state index contributed by atoms with van der Waals surface area (Å²) in [7, 11) is 0. The first-order valence-electron chi connectivity index (χ1n) is 7.06. The van der Waals surface area contributed by atoms with Crippen molar-refractivity contribution in [3.05, 3.63) is 82.7 Å². The Morgan fingerprint density at radius 3 is 2.40 bits per heavy atom. The monoisotopic (exact) mass is 474 g/mol. The van der Waals surface area contributed by atoms with Crippen molar-refractivity contribution < 1.29 is 0 Å². The van der Waals surface area contributed by atoms with Gasteiger partial charge in [0.2, 0.25) is 0 Å². The molecule has 0 aliphatic heterocycles. The number of rotatable bonds is 5. The van der Waals surface area contributed by atoms with Crippen molar-refractivity contribution in [2.45, 2.75) is 6.04 Å². The first-order chi connectivity index (χ1) is 12.0. The summed E-state index contributed by atoms with van der Waals surface area (Å²) in [4.78, 5) is 12.0. The van der Waals surface area contributed by atoms with Gasteiger partial charge in [-0.05, 0) is 41.8 Å². The highest BCUT2D eigenvalue weighted by Gasteiger charge is 2.22. The molecule has 8 heteroatoms. The van der Waals surface area contributed by atoms with Gasteiger partial charge < -0.3 is 5.32 Å². The summed E-state index contributed by atoms with van der Waals surface area (Å²) < 4.78 is 0.893. The average molecular weight is 477 g/mol. The molecule has 0 fully saturated rings. The quantitative estimate of drug-likeness (QED) is 0.378. The van der Waals surface area contributed by atoms with Crippen LogP contribution in [0.2, 0.25) is 15.1 Å². The maximum atomic E-state index is 11.4. The second-order valence-electron chi connectivity index (χ2n) is 5.13. The SMILES string of the molecule is O=NC(c1ccc(Nc2ccc(Br)cc2Cl)cc1Cl)c1sccc1Cl. The van der Waals surface area contributed by atoms with Crippen molar-refractivity contribution in [3.63, 3.8) is 0 Å². The number of hydrogen-bond acceptors (Lipinski definition) is 4. The summed E-state index contributed by atoms with van der Waals surface area (Å²) in [5.74, 6) is 0. The van der Waals surface area contributed by atoms with Crippen LogP contribution in [0.5, 0.6) is 0 Å². The van der Waals surface area contributed by atoms with Crippen LogP contribution < -0.4 is 5.32 Å². The Kier molecular flexibility index (Phi) is 6.02. The molecule has 128 valence electrons. The molecule has 0 spiro atoms. The second kappa shape index (κ2) is 8.06. The highest BCUT2D eigenvalue weighted by Crippen LogP contribution is 2.39. The fraction of sp³-hybridized carbons (Fsp3) is 0.0588. The Hall–Kier alpha value is -1.11. The van der Waals surface area contributed by atoms with Gasteiger partial charge in [-0.3, -0.25) is 0 Å². The highest BCUT2D eigenvalue weighted by atomic mass is 79.9. The molecule has 0 bridgehead atoms. The van der Waals surface area contributed by atoms with Crippen molar-refractivity contribution in [2.24, 2.45) is 5.18 Å². The van der Waals surface area contributed by atoms with Gasteiger partial charge >= 0.3 is 0 Å². The van der Waals surface area contributed by atoms with Crippen LogP contribution in [-0.4, -0.2) is 0 Å². The maximum absolute atomic E-state index is 11.4. The maximum Gasteiger partial charge on any atom is 0.154 e. The van der Waals surface area contributed by atoms with Gasteiger partial charge in [-0.15, -0.1) is 16.2 Å². The minimum atomic E-state index is -0.731. The molecule has 2 aromatic carbocycles. The van der Waals surface area contributed by atoms with E-state index in [1.54, 1.807) is 24.3 Å². The first-order valence-corrected chi connectivity index (χ1v) is 9.87. The molecule has 0 radical (unpaired) electrons. The Labute approximate surface area is 172 Å². The number of hydrogen-bond donors (Lipinski definition) is 1. The van der Waals surface area contributed by atoms with Gasteiger partial charge in [0, 0.05) is 20.7 Å². The number of halogens is 4. The van der Waals surface area contributed by atoms with Crippen molar-refractivity contribution in [1.82, 2.24) is 0 Å². The van der Waals surface area contributed by atoms with E-state index in [1.165, 1.54) is 11.3 Å². The Morgan fingerprint density at radius 2 is 1.80 bits per heavy atom. The number of nitroso groups, excluding NO2 is 1. The van der Waals surface area contributed by atoms with Gasteiger partial charge in [-0.1, -0.05) is 62.0 Å². The van der Waals surface area contributed by atoms with Gasteiger partial charge in [0.25, 0.3) is 0 Å². The van der Waals surface area contributed by atoms with Gasteiger partial charge in [0.1, 0.15) is 0 Å². The molecule has 0 saturated carbocycles. The summed E-state index contributed by atoms with van der Waals surface area (Å²) in [6.45, 7) is 0. The zero-order valence-electron chi connectivity index (χ0n) is 12.5. The molecule has 0 aliphatic carbocycles. The molecular weight excluding hydrogens is 467 g/mol. The number of nitrogens with zero attached hydrogens (tertiary/aromatic N) is 1.